The van der Waals surface area contributed by atoms with Gasteiger partial charge in [0.15, 0.2) is 0 Å². The normalized spacial score (nSPS) is 12.0. The minimum Gasteiger partial charge on any atom is -0.396 e. The van der Waals surface area contributed by atoms with Crippen LogP contribution in [-0.2, 0) is 10.0 Å². The number of nitrogens with one attached hydrogen (secondary N) is 1. The molecule has 90 valence electrons. The number of nitrogen functional groups attached to an aromatic ring is 1. The maximum absolute atomic E-state index is 12.7. The van der Waals surface area contributed by atoms with Crippen molar-refractivity contribution < 1.29 is 21.6 Å². The summed E-state index contributed by atoms with van der Waals surface area (Å²) in [4.78, 5) is -0.355. The van der Waals surface area contributed by atoms with E-state index in [9.17, 15) is 21.6 Å². The Morgan fingerprint density at radius 2 is 2.00 bits per heavy atom. The number of nitrogens with two attached hydrogens (primary N) is 1. The molecule has 0 amide bonds. The molecule has 1 rings (SSSR count). The van der Waals surface area contributed by atoms with Crippen molar-refractivity contribution >= 4 is 15.7 Å². The molecule has 16 heavy (non-hydrogen) atoms. The van der Waals surface area contributed by atoms with E-state index in [-0.39, 0.29) is 10.6 Å². The van der Waals surface area contributed by atoms with E-state index < -0.39 is 28.8 Å². The number of benzene rings is 1. The molecule has 1 aromatic rings. The van der Waals surface area contributed by atoms with Crippen molar-refractivity contribution in [3.05, 3.63) is 24.0 Å². The Bertz CT molecular complexity index is 476. The fourth-order valence-corrected chi connectivity index (χ4v) is 1.99. The molecule has 0 radical (unpaired) electrons. The molecule has 0 saturated carbocycles. The van der Waals surface area contributed by atoms with Gasteiger partial charge in [0, 0.05) is 0 Å². The van der Waals surface area contributed by atoms with Gasteiger partial charge in [-0.1, -0.05) is 0 Å². The predicted octanol–water partition coefficient (Wildman–Crippen LogP) is 0.951. The van der Waals surface area contributed by atoms with Crippen LogP contribution in [0.4, 0.5) is 18.9 Å². The summed E-state index contributed by atoms with van der Waals surface area (Å²) in [5, 5.41) is 0. The monoisotopic (exact) mass is 254 g/mol. The van der Waals surface area contributed by atoms with E-state index in [2.05, 4.69) is 0 Å². The fraction of sp³-hybridized carbons (Fsp3) is 0.250. The van der Waals surface area contributed by atoms with Crippen LogP contribution in [0.3, 0.4) is 0 Å². The molecule has 4 nitrogen and oxygen atoms in total. The highest BCUT2D eigenvalue weighted by Gasteiger charge is 2.17. The zero-order valence-corrected chi connectivity index (χ0v) is 8.77. The summed E-state index contributed by atoms with van der Waals surface area (Å²) in [6.45, 7) is -1.00. The van der Waals surface area contributed by atoms with Crippen LogP contribution in [0.25, 0.3) is 0 Å². The number of hydrogen-bond donors (Lipinski definition) is 2. The molecular weight excluding hydrogens is 245 g/mol. The van der Waals surface area contributed by atoms with Crippen LogP contribution in [-0.4, -0.2) is 21.4 Å². The third-order valence-electron chi connectivity index (χ3n) is 1.71. The van der Waals surface area contributed by atoms with Gasteiger partial charge in [-0.2, -0.15) is 0 Å². The van der Waals surface area contributed by atoms with Crippen molar-refractivity contribution in [3.8, 4) is 0 Å². The number of rotatable bonds is 4. The molecule has 0 aromatic heterocycles. The van der Waals surface area contributed by atoms with Crippen molar-refractivity contribution in [3.63, 3.8) is 0 Å². The Kier molecular flexibility index (Phi) is 3.76. The Morgan fingerprint density at radius 3 is 2.50 bits per heavy atom. The van der Waals surface area contributed by atoms with Gasteiger partial charge in [-0.3, -0.25) is 0 Å². The summed E-state index contributed by atoms with van der Waals surface area (Å²) in [5.41, 5.74) is 4.80. The highest BCUT2D eigenvalue weighted by Crippen LogP contribution is 2.16. The Labute approximate surface area is 90.3 Å². The summed E-state index contributed by atoms with van der Waals surface area (Å²) in [6.07, 6.45) is -2.80. The Balaban J connectivity index is 2.94. The van der Waals surface area contributed by atoms with Gasteiger partial charge in [0.25, 0.3) is 6.43 Å². The SMILES string of the molecule is Nc1cc(S(=O)(=O)NCC(F)F)ccc1F. The number of hydrogen-bond acceptors (Lipinski definition) is 3. The molecule has 0 spiro atoms. The minimum atomic E-state index is -4.07. The van der Waals surface area contributed by atoms with Crippen LogP contribution in [0.2, 0.25) is 0 Å². The molecule has 0 saturated heterocycles. The van der Waals surface area contributed by atoms with E-state index in [0.717, 1.165) is 18.2 Å². The van der Waals surface area contributed by atoms with Crippen LogP contribution < -0.4 is 10.5 Å². The fourth-order valence-electron chi connectivity index (χ4n) is 0.945. The number of alkyl halides is 2. The van der Waals surface area contributed by atoms with Crippen LogP contribution in [0, 0.1) is 5.82 Å². The molecule has 0 aliphatic rings. The van der Waals surface area contributed by atoms with Gasteiger partial charge in [0.05, 0.1) is 17.1 Å². The summed E-state index contributed by atoms with van der Waals surface area (Å²) in [5.74, 6) is -0.771. The maximum Gasteiger partial charge on any atom is 0.251 e. The predicted molar refractivity (Wildman–Crippen MR) is 52.0 cm³/mol. The van der Waals surface area contributed by atoms with Crippen LogP contribution in [0.1, 0.15) is 0 Å². The van der Waals surface area contributed by atoms with Gasteiger partial charge in [-0.15, -0.1) is 0 Å². The van der Waals surface area contributed by atoms with E-state index in [1.165, 1.54) is 0 Å². The van der Waals surface area contributed by atoms with Gasteiger partial charge < -0.3 is 5.73 Å². The molecule has 0 aliphatic carbocycles. The largest absolute Gasteiger partial charge is 0.396 e. The second-order valence-electron chi connectivity index (χ2n) is 2.93. The zero-order valence-electron chi connectivity index (χ0n) is 7.95. The van der Waals surface area contributed by atoms with Crippen molar-refractivity contribution in [2.45, 2.75) is 11.3 Å². The highest BCUT2D eigenvalue weighted by atomic mass is 32.2. The first-order valence-corrected chi connectivity index (χ1v) is 5.64. The second kappa shape index (κ2) is 4.71. The maximum atomic E-state index is 12.7. The van der Waals surface area contributed by atoms with Crippen molar-refractivity contribution in [2.75, 3.05) is 12.3 Å². The lowest BCUT2D eigenvalue weighted by molar-refractivity contribution is 0.153. The first-order chi connectivity index (χ1) is 7.33. The lowest BCUT2D eigenvalue weighted by Crippen LogP contribution is -2.28. The summed E-state index contributed by atoms with van der Waals surface area (Å²) >= 11 is 0. The summed E-state index contributed by atoms with van der Waals surface area (Å²) in [7, 11) is -4.07. The van der Waals surface area contributed by atoms with E-state index >= 15 is 0 Å². The van der Waals surface area contributed by atoms with E-state index in [4.69, 9.17) is 5.73 Å². The Hall–Kier alpha value is -1.28. The molecule has 0 aliphatic heterocycles. The van der Waals surface area contributed by atoms with E-state index in [1.807, 2.05) is 0 Å². The molecular formula is C8H9F3N2O2S. The quantitative estimate of drug-likeness (QED) is 0.786. The number of anilines is 1. The highest BCUT2D eigenvalue weighted by molar-refractivity contribution is 7.89. The lowest BCUT2D eigenvalue weighted by Gasteiger charge is -2.06. The van der Waals surface area contributed by atoms with Crippen molar-refractivity contribution in [1.29, 1.82) is 0 Å². The minimum absolute atomic E-state index is 0.355. The standard InChI is InChI=1S/C8H9F3N2O2S/c9-6-2-1-5(3-7(6)12)16(14,15)13-4-8(10)11/h1-3,8,13H,4,12H2. The van der Waals surface area contributed by atoms with Gasteiger partial charge in [0.1, 0.15) is 5.82 Å². The molecule has 0 atom stereocenters. The third-order valence-corrected chi connectivity index (χ3v) is 3.13. The molecule has 0 bridgehead atoms. The number of sulfonamides is 1. The Morgan fingerprint density at radius 1 is 1.38 bits per heavy atom. The van der Waals surface area contributed by atoms with Crippen LogP contribution in [0.15, 0.2) is 23.1 Å². The van der Waals surface area contributed by atoms with Crippen LogP contribution >= 0.6 is 0 Å². The smallest absolute Gasteiger partial charge is 0.251 e. The average molecular weight is 254 g/mol. The first kappa shape index (κ1) is 12.8. The van der Waals surface area contributed by atoms with Gasteiger partial charge >= 0.3 is 0 Å². The topological polar surface area (TPSA) is 72.2 Å². The molecule has 0 heterocycles. The van der Waals surface area contributed by atoms with Gasteiger partial charge in [-0.25, -0.2) is 26.3 Å². The van der Waals surface area contributed by atoms with E-state index in [0.29, 0.717) is 0 Å². The molecule has 0 unspecified atom stereocenters. The van der Waals surface area contributed by atoms with Crippen molar-refractivity contribution in [2.24, 2.45) is 0 Å². The summed E-state index contributed by atoms with van der Waals surface area (Å²) < 4.78 is 60.8. The number of halogens is 3. The molecule has 3 N–H and O–H groups in total. The zero-order chi connectivity index (χ0) is 12.3. The molecule has 0 fully saturated rings. The average Bonchev–Trinajstić information content (AvgIpc) is 2.19. The van der Waals surface area contributed by atoms with Gasteiger partial charge in [0.2, 0.25) is 10.0 Å². The molecule has 8 heteroatoms. The molecule has 1 aromatic carbocycles. The summed E-state index contributed by atoms with van der Waals surface area (Å²) in [6, 6.07) is 2.66. The van der Waals surface area contributed by atoms with E-state index in [1.54, 1.807) is 4.72 Å². The van der Waals surface area contributed by atoms with Gasteiger partial charge in [-0.05, 0) is 18.2 Å². The van der Waals surface area contributed by atoms with Crippen molar-refractivity contribution in [1.82, 2.24) is 4.72 Å². The van der Waals surface area contributed by atoms with Crippen LogP contribution in [0.5, 0.6) is 0 Å². The third kappa shape index (κ3) is 3.11. The lowest BCUT2D eigenvalue weighted by atomic mass is 10.3. The first-order valence-electron chi connectivity index (χ1n) is 4.16. The second-order valence-corrected chi connectivity index (χ2v) is 4.69.